The van der Waals surface area contributed by atoms with E-state index in [0.29, 0.717) is 34.5 Å². The van der Waals surface area contributed by atoms with Gasteiger partial charge in [0, 0.05) is 23.0 Å². The average molecular weight is 399 g/mol. The third kappa shape index (κ3) is 3.76. The lowest BCUT2D eigenvalue weighted by Crippen LogP contribution is -1.95. The predicted molar refractivity (Wildman–Crippen MR) is 111 cm³/mol. The van der Waals surface area contributed by atoms with Gasteiger partial charge in [-0.2, -0.15) is 0 Å². The maximum atomic E-state index is 5.46. The highest BCUT2D eigenvalue weighted by atomic mass is 16.5. The molecule has 0 amide bonds. The van der Waals surface area contributed by atoms with Gasteiger partial charge >= 0.3 is 0 Å². The molecular formula is C22H25NO6. The zero-order chi connectivity index (χ0) is 21.0. The monoisotopic (exact) mass is 399 g/mol. The van der Waals surface area contributed by atoms with Crippen LogP contribution in [0.25, 0.3) is 22.4 Å². The SMILES string of the molecule is COc1cc(-c2c[nH]c(-c3cc(OC)c(OC)c(OC)c3)c2)cc(OC)c1OC. The minimum absolute atomic E-state index is 0.551. The van der Waals surface area contributed by atoms with Gasteiger partial charge in [-0.1, -0.05) is 0 Å². The number of aromatic nitrogens is 1. The number of aromatic amines is 1. The van der Waals surface area contributed by atoms with Gasteiger partial charge in [0.1, 0.15) is 0 Å². The van der Waals surface area contributed by atoms with Crippen molar-refractivity contribution in [3.8, 4) is 56.9 Å². The van der Waals surface area contributed by atoms with E-state index in [-0.39, 0.29) is 0 Å². The molecule has 3 rings (SSSR count). The lowest BCUT2D eigenvalue weighted by Gasteiger charge is -2.14. The molecule has 0 spiro atoms. The highest BCUT2D eigenvalue weighted by Gasteiger charge is 2.17. The van der Waals surface area contributed by atoms with Crippen molar-refractivity contribution in [1.29, 1.82) is 0 Å². The van der Waals surface area contributed by atoms with Crippen LogP contribution in [0.2, 0.25) is 0 Å². The maximum Gasteiger partial charge on any atom is 0.203 e. The molecule has 3 aromatic rings. The van der Waals surface area contributed by atoms with E-state index in [1.807, 2.05) is 36.5 Å². The summed E-state index contributed by atoms with van der Waals surface area (Å²) >= 11 is 0. The summed E-state index contributed by atoms with van der Waals surface area (Å²) in [6.45, 7) is 0. The summed E-state index contributed by atoms with van der Waals surface area (Å²) in [6.07, 6.45) is 1.92. The topological polar surface area (TPSA) is 71.2 Å². The highest BCUT2D eigenvalue weighted by Crippen LogP contribution is 2.43. The van der Waals surface area contributed by atoms with Gasteiger partial charge in [-0.25, -0.2) is 0 Å². The second-order valence-corrected chi connectivity index (χ2v) is 6.13. The molecule has 29 heavy (non-hydrogen) atoms. The molecule has 0 saturated carbocycles. The Kier molecular flexibility index (Phi) is 6.07. The summed E-state index contributed by atoms with van der Waals surface area (Å²) in [4.78, 5) is 3.30. The van der Waals surface area contributed by atoms with Crippen LogP contribution >= 0.6 is 0 Å². The minimum Gasteiger partial charge on any atom is -0.493 e. The Balaban J connectivity index is 2.06. The molecule has 1 N–H and O–H groups in total. The standard InChI is InChI=1S/C22H25NO6/c1-24-17-8-13(9-18(25-2)21(17)28-5)15-7-16(23-12-15)14-10-19(26-3)22(29-6)20(11-14)27-4/h7-12,23H,1-6H3. The normalized spacial score (nSPS) is 10.4. The Morgan fingerprint density at radius 1 is 0.483 bits per heavy atom. The first-order valence-corrected chi connectivity index (χ1v) is 8.89. The van der Waals surface area contributed by atoms with Gasteiger partial charge in [0.15, 0.2) is 23.0 Å². The smallest absolute Gasteiger partial charge is 0.203 e. The van der Waals surface area contributed by atoms with Crippen molar-refractivity contribution >= 4 is 0 Å². The summed E-state index contributed by atoms with van der Waals surface area (Å²) in [7, 11) is 9.55. The van der Waals surface area contributed by atoms with Crippen LogP contribution in [0.4, 0.5) is 0 Å². The number of rotatable bonds is 8. The van der Waals surface area contributed by atoms with Crippen LogP contribution in [0, 0.1) is 0 Å². The van der Waals surface area contributed by atoms with Crippen molar-refractivity contribution in [3.05, 3.63) is 36.5 Å². The fraction of sp³-hybridized carbons (Fsp3) is 0.273. The van der Waals surface area contributed by atoms with Gasteiger partial charge < -0.3 is 33.4 Å². The number of ether oxygens (including phenoxy) is 6. The second kappa shape index (κ2) is 8.68. The van der Waals surface area contributed by atoms with E-state index in [2.05, 4.69) is 4.98 Å². The molecule has 0 aliphatic rings. The molecule has 0 unspecified atom stereocenters. The summed E-state index contributed by atoms with van der Waals surface area (Å²) in [5.41, 5.74) is 3.69. The number of nitrogens with one attached hydrogen (secondary N) is 1. The van der Waals surface area contributed by atoms with Crippen molar-refractivity contribution < 1.29 is 28.4 Å². The molecular weight excluding hydrogens is 374 g/mol. The highest BCUT2D eigenvalue weighted by molar-refractivity contribution is 5.77. The van der Waals surface area contributed by atoms with Crippen molar-refractivity contribution in [3.63, 3.8) is 0 Å². The lowest BCUT2D eigenvalue weighted by molar-refractivity contribution is 0.324. The summed E-state index contributed by atoms with van der Waals surface area (Å²) < 4.78 is 32.6. The number of benzene rings is 2. The van der Waals surface area contributed by atoms with Crippen molar-refractivity contribution in [2.75, 3.05) is 42.7 Å². The Morgan fingerprint density at radius 3 is 1.28 bits per heavy atom. The molecule has 0 aliphatic carbocycles. The Bertz CT molecular complexity index is 867. The van der Waals surface area contributed by atoms with E-state index in [1.165, 1.54) is 0 Å². The Hall–Kier alpha value is -3.48. The number of hydrogen-bond donors (Lipinski definition) is 1. The maximum absolute atomic E-state index is 5.46. The first-order valence-electron chi connectivity index (χ1n) is 8.89. The second-order valence-electron chi connectivity index (χ2n) is 6.13. The third-order valence-electron chi connectivity index (χ3n) is 4.66. The fourth-order valence-electron chi connectivity index (χ4n) is 3.21. The van der Waals surface area contributed by atoms with Crippen LogP contribution in [0.5, 0.6) is 34.5 Å². The van der Waals surface area contributed by atoms with Gasteiger partial charge in [-0.3, -0.25) is 0 Å². The van der Waals surface area contributed by atoms with Crippen LogP contribution in [0.3, 0.4) is 0 Å². The average Bonchev–Trinajstić information content (AvgIpc) is 3.27. The molecule has 7 nitrogen and oxygen atoms in total. The molecule has 1 aromatic heterocycles. The molecule has 154 valence electrons. The van der Waals surface area contributed by atoms with Gasteiger partial charge in [0.2, 0.25) is 11.5 Å². The number of methoxy groups -OCH3 is 6. The lowest BCUT2D eigenvalue weighted by atomic mass is 10.1. The number of hydrogen-bond acceptors (Lipinski definition) is 6. The molecule has 1 heterocycles. The van der Waals surface area contributed by atoms with Crippen LogP contribution in [-0.2, 0) is 0 Å². The first kappa shape index (κ1) is 20.3. The third-order valence-corrected chi connectivity index (χ3v) is 4.66. The van der Waals surface area contributed by atoms with Crippen LogP contribution in [0.1, 0.15) is 0 Å². The van der Waals surface area contributed by atoms with E-state index >= 15 is 0 Å². The summed E-state index contributed by atoms with van der Waals surface area (Å²) in [5, 5.41) is 0. The molecule has 0 aliphatic heterocycles. The van der Waals surface area contributed by atoms with Gasteiger partial charge in [0.05, 0.1) is 42.7 Å². The fourth-order valence-corrected chi connectivity index (χ4v) is 3.21. The van der Waals surface area contributed by atoms with Crippen LogP contribution in [0.15, 0.2) is 36.5 Å². The molecule has 0 saturated heterocycles. The van der Waals surface area contributed by atoms with Crippen molar-refractivity contribution in [1.82, 2.24) is 4.98 Å². The van der Waals surface area contributed by atoms with Crippen molar-refractivity contribution in [2.24, 2.45) is 0 Å². The van der Waals surface area contributed by atoms with E-state index in [0.717, 1.165) is 22.4 Å². The van der Waals surface area contributed by atoms with E-state index in [1.54, 1.807) is 42.7 Å². The molecule has 0 radical (unpaired) electrons. The van der Waals surface area contributed by atoms with Crippen molar-refractivity contribution in [2.45, 2.75) is 0 Å². The van der Waals surface area contributed by atoms with E-state index in [9.17, 15) is 0 Å². The minimum atomic E-state index is 0.551. The Morgan fingerprint density at radius 2 is 0.897 bits per heavy atom. The molecule has 0 fully saturated rings. The largest absolute Gasteiger partial charge is 0.493 e. The predicted octanol–water partition coefficient (Wildman–Crippen LogP) is 4.40. The van der Waals surface area contributed by atoms with Gasteiger partial charge in [0.25, 0.3) is 0 Å². The van der Waals surface area contributed by atoms with Crippen LogP contribution < -0.4 is 28.4 Å². The molecule has 0 atom stereocenters. The van der Waals surface area contributed by atoms with Gasteiger partial charge in [-0.05, 0) is 35.9 Å². The molecule has 2 aromatic carbocycles. The number of H-pyrrole nitrogens is 1. The zero-order valence-electron chi connectivity index (χ0n) is 17.4. The van der Waals surface area contributed by atoms with Crippen LogP contribution in [-0.4, -0.2) is 47.6 Å². The molecule has 7 heteroatoms. The Labute approximate surface area is 170 Å². The first-order chi connectivity index (χ1) is 14.1. The summed E-state index contributed by atoms with van der Waals surface area (Å²) in [6, 6.07) is 9.63. The summed E-state index contributed by atoms with van der Waals surface area (Å²) in [5.74, 6) is 3.47. The quantitative estimate of drug-likeness (QED) is 0.605. The molecule has 0 bridgehead atoms. The van der Waals surface area contributed by atoms with Gasteiger partial charge in [-0.15, -0.1) is 0 Å². The van der Waals surface area contributed by atoms with E-state index in [4.69, 9.17) is 28.4 Å². The zero-order valence-corrected chi connectivity index (χ0v) is 17.4. The van der Waals surface area contributed by atoms with E-state index < -0.39 is 0 Å².